The van der Waals surface area contributed by atoms with E-state index in [0.717, 1.165) is 11.3 Å². The Kier molecular flexibility index (Phi) is 5.78. The Morgan fingerprint density at radius 2 is 2.10 bits per heavy atom. The Labute approximate surface area is 182 Å². The maximum Gasteiger partial charge on any atom is 0.234 e. The lowest BCUT2D eigenvalue weighted by molar-refractivity contribution is -0.121. The smallest absolute Gasteiger partial charge is 0.234 e. The van der Waals surface area contributed by atoms with Crippen LogP contribution in [0.2, 0.25) is 0 Å². The summed E-state index contributed by atoms with van der Waals surface area (Å²) in [6.45, 7) is 4.96. The predicted octanol–water partition coefficient (Wildman–Crippen LogP) is 1.43. The number of benzene rings is 1. The Bertz CT molecular complexity index is 1050. The summed E-state index contributed by atoms with van der Waals surface area (Å²) in [5.41, 5.74) is 0.339. The van der Waals surface area contributed by atoms with Gasteiger partial charge < -0.3 is 14.6 Å². The zero-order chi connectivity index (χ0) is 22.2. The molecule has 4 rings (SSSR count). The van der Waals surface area contributed by atoms with Gasteiger partial charge in [-0.1, -0.05) is 17.3 Å². The standard InChI is InChI=1S/C21H28N4O5S/c1-4-29-18-7-5-15(6-8-18)9-19(26)23-17-10-16-12-25(31(3,27)28)13-21(16,11-17)20-22-14(2)24-30-20/h5-8,16-17H,4,9-13H2,1-3H3,(H,23,26)/t16?,17-,21+/m1/s1. The van der Waals surface area contributed by atoms with Gasteiger partial charge in [0.1, 0.15) is 5.75 Å². The molecule has 1 amide bonds. The average Bonchev–Trinajstić information content (AvgIpc) is 3.35. The number of amides is 1. The number of sulfonamides is 1. The van der Waals surface area contributed by atoms with Gasteiger partial charge in [0.05, 0.1) is 24.7 Å². The number of nitrogens with one attached hydrogen (secondary N) is 1. The van der Waals surface area contributed by atoms with Crippen LogP contribution in [-0.2, 0) is 26.7 Å². The number of carbonyl (C=O) groups excluding carboxylic acids is 1. The normalized spacial score (nSPS) is 26.0. The quantitative estimate of drug-likeness (QED) is 0.681. The lowest BCUT2D eigenvalue weighted by Crippen LogP contribution is -2.39. The second kappa shape index (κ2) is 8.23. The van der Waals surface area contributed by atoms with Crippen molar-refractivity contribution in [3.63, 3.8) is 0 Å². The molecular weight excluding hydrogens is 420 g/mol. The zero-order valence-electron chi connectivity index (χ0n) is 18.0. The maximum atomic E-state index is 12.7. The minimum atomic E-state index is -3.33. The van der Waals surface area contributed by atoms with Crippen molar-refractivity contribution in [2.45, 2.75) is 44.6 Å². The number of hydrogen-bond donors (Lipinski definition) is 1. The number of hydrogen-bond acceptors (Lipinski definition) is 7. The number of rotatable bonds is 7. The summed E-state index contributed by atoms with van der Waals surface area (Å²) >= 11 is 0. The van der Waals surface area contributed by atoms with Crippen molar-refractivity contribution in [3.8, 4) is 5.75 Å². The van der Waals surface area contributed by atoms with Crippen LogP contribution in [-0.4, -0.2) is 60.8 Å². The fourth-order valence-corrected chi connectivity index (χ4v) is 5.77. The summed E-state index contributed by atoms with van der Waals surface area (Å²) < 4.78 is 36.7. The molecule has 1 saturated carbocycles. The fraction of sp³-hybridized carbons (Fsp3) is 0.571. The first-order valence-electron chi connectivity index (χ1n) is 10.5. The van der Waals surface area contributed by atoms with Gasteiger partial charge in [-0.15, -0.1) is 0 Å². The summed E-state index contributed by atoms with van der Waals surface area (Å²) in [7, 11) is -3.33. The van der Waals surface area contributed by atoms with Gasteiger partial charge >= 0.3 is 0 Å². The van der Waals surface area contributed by atoms with Gasteiger partial charge in [0.25, 0.3) is 0 Å². The van der Waals surface area contributed by atoms with Crippen LogP contribution in [0.3, 0.4) is 0 Å². The topological polar surface area (TPSA) is 115 Å². The molecule has 2 aliphatic rings. The first-order chi connectivity index (χ1) is 14.7. The van der Waals surface area contributed by atoms with Gasteiger partial charge in [-0.25, -0.2) is 12.7 Å². The molecule has 1 aromatic carbocycles. The van der Waals surface area contributed by atoms with E-state index in [2.05, 4.69) is 15.5 Å². The largest absolute Gasteiger partial charge is 0.494 e. The molecule has 1 aliphatic heterocycles. The van der Waals surface area contributed by atoms with E-state index in [1.165, 1.54) is 10.6 Å². The first-order valence-corrected chi connectivity index (χ1v) is 12.3. The third-order valence-electron chi connectivity index (χ3n) is 6.23. The predicted molar refractivity (Wildman–Crippen MR) is 113 cm³/mol. The van der Waals surface area contributed by atoms with Crippen molar-refractivity contribution in [2.75, 3.05) is 26.0 Å². The summed E-state index contributed by atoms with van der Waals surface area (Å²) in [6, 6.07) is 7.42. The lowest BCUT2D eigenvalue weighted by Gasteiger charge is -2.24. The lowest BCUT2D eigenvalue weighted by atomic mass is 9.80. The molecule has 0 spiro atoms. The molecule has 1 aliphatic carbocycles. The van der Waals surface area contributed by atoms with Crippen molar-refractivity contribution in [1.29, 1.82) is 0 Å². The SMILES string of the molecule is CCOc1ccc(CC(=O)N[C@@H]2CC3CN(S(C)(=O)=O)C[C@@]3(c3nc(C)no3)C2)cc1. The Morgan fingerprint density at radius 1 is 1.35 bits per heavy atom. The number of fused-ring (bicyclic) bond motifs is 1. The van der Waals surface area contributed by atoms with Crippen LogP contribution in [0.5, 0.6) is 5.75 Å². The van der Waals surface area contributed by atoms with Crippen LogP contribution in [0.4, 0.5) is 0 Å². The van der Waals surface area contributed by atoms with Crippen molar-refractivity contribution < 1.29 is 22.5 Å². The van der Waals surface area contributed by atoms with Crippen LogP contribution >= 0.6 is 0 Å². The average molecular weight is 449 g/mol. The van der Waals surface area contributed by atoms with Crippen molar-refractivity contribution >= 4 is 15.9 Å². The molecule has 1 aromatic heterocycles. The van der Waals surface area contributed by atoms with Crippen molar-refractivity contribution in [1.82, 2.24) is 19.8 Å². The summed E-state index contributed by atoms with van der Waals surface area (Å²) in [4.78, 5) is 17.1. The molecule has 1 unspecified atom stereocenters. The van der Waals surface area contributed by atoms with Crippen LogP contribution < -0.4 is 10.1 Å². The third-order valence-corrected chi connectivity index (χ3v) is 7.45. The molecule has 31 heavy (non-hydrogen) atoms. The number of ether oxygens (including phenoxy) is 1. The number of carbonyl (C=O) groups is 1. The molecular formula is C21H28N4O5S. The summed E-state index contributed by atoms with van der Waals surface area (Å²) in [5, 5.41) is 7.04. The molecule has 1 saturated heterocycles. The highest BCUT2D eigenvalue weighted by atomic mass is 32.2. The van der Waals surface area contributed by atoms with Gasteiger partial charge in [0, 0.05) is 19.1 Å². The number of aryl methyl sites for hydroxylation is 1. The first kappa shape index (κ1) is 21.8. The number of nitrogens with zero attached hydrogens (tertiary/aromatic N) is 3. The molecule has 9 nitrogen and oxygen atoms in total. The fourth-order valence-electron chi connectivity index (χ4n) is 4.85. The molecule has 10 heteroatoms. The Morgan fingerprint density at radius 3 is 2.71 bits per heavy atom. The maximum absolute atomic E-state index is 12.7. The number of aromatic nitrogens is 2. The summed E-state index contributed by atoms with van der Waals surface area (Å²) in [5.74, 6) is 1.71. The van der Waals surface area contributed by atoms with Crippen LogP contribution in [0.1, 0.15) is 37.0 Å². The molecule has 0 radical (unpaired) electrons. The van der Waals surface area contributed by atoms with Crippen molar-refractivity contribution in [3.05, 3.63) is 41.5 Å². The van der Waals surface area contributed by atoms with Gasteiger partial charge in [0.2, 0.25) is 21.8 Å². The van der Waals surface area contributed by atoms with Gasteiger partial charge in [-0.3, -0.25) is 4.79 Å². The molecule has 2 aromatic rings. The van der Waals surface area contributed by atoms with E-state index < -0.39 is 15.4 Å². The van der Waals surface area contributed by atoms with Gasteiger partial charge in [-0.05, 0) is 50.3 Å². The van der Waals surface area contributed by atoms with E-state index in [4.69, 9.17) is 9.26 Å². The Hall–Kier alpha value is -2.46. The third kappa shape index (κ3) is 4.45. The molecule has 1 N–H and O–H groups in total. The Balaban J connectivity index is 1.45. The minimum Gasteiger partial charge on any atom is -0.494 e. The second-order valence-corrected chi connectivity index (χ2v) is 10.5. The van der Waals surface area contributed by atoms with Crippen LogP contribution in [0.25, 0.3) is 0 Å². The molecule has 2 heterocycles. The molecule has 3 atom stereocenters. The van der Waals surface area contributed by atoms with Crippen molar-refractivity contribution in [2.24, 2.45) is 5.92 Å². The molecule has 0 bridgehead atoms. The highest BCUT2D eigenvalue weighted by Gasteiger charge is 2.58. The summed E-state index contributed by atoms with van der Waals surface area (Å²) in [6.07, 6.45) is 2.73. The van der Waals surface area contributed by atoms with Gasteiger partial charge in [0.15, 0.2) is 5.82 Å². The highest BCUT2D eigenvalue weighted by molar-refractivity contribution is 7.88. The van der Waals surface area contributed by atoms with E-state index in [-0.39, 0.29) is 24.3 Å². The van der Waals surface area contributed by atoms with E-state index in [0.29, 0.717) is 44.3 Å². The van der Waals surface area contributed by atoms with E-state index in [9.17, 15) is 13.2 Å². The van der Waals surface area contributed by atoms with Crippen LogP contribution in [0, 0.1) is 12.8 Å². The van der Waals surface area contributed by atoms with E-state index >= 15 is 0 Å². The highest BCUT2D eigenvalue weighted by Crippen LogP contribution is 2.50. The van der Waals surface area contributed by atoms with Gasteiger partial charge in [-0.2, -0.15) is 4.98 Å². The zero-order valence-corrected chi connectivity index (χ0v) is 18.8. The van der Waals surface area contributed by atoms with E-state index in [1.54, 1.807) is 6.92 Å². The second-order valence-electron chi connectivity index (χ2n) is 8.51. The molecule has 2 fully saturated rings. The molecule has 168 valence electrons. The van der Waals surface area contributed by atoms with E-state index in [1.807, 2.05) is 31.2 Å². The van der Waals surface area contributed by atoms with Crippen LogP contribution in [0.15, 0.2) is 28.8 Å². The monoisotopic (exact) mass is 448 g/mol. The minimum absolute atomic E-state index is 0.0119.